The Morgan fingerprint density at radius 3 is 2.78 bits per heavy atom. The summed E-state index contributed by atoms with van der Waals surface area (Å²) < 4.78 is 5.42. The SMILES string of the molecule is CC1OCCC1N(C)C(=O)c1cc(O)ccc1O. The lowest BCUT2D eigenvalue weighted by molar-refractivity contribution is 0.0572. The van der Waals surface area contributed by atoms with Crippen molar-refractivity contribution in [3.63, 3.8) is 0 Å². The molecule has 2 atom stereocenters. The van der Waals surface area contributed by atoms with Gasteiger partial charge in [-0.1, -0.05) is 0 Å². The first-order valence-corrected chi connectivity index (χ1v) is 5.91. The van der Waals surface area contributed by atoms with Crippen molar-refractivity contribution in [2.24, 2.45) is 0 Å². The molecule has 0 aliphatic carbocycles. The number of phenolic OH excluding ortho intramolecular Hbond substituents is 2. The average molecular weight is 251 g/mol. The fourth-order valence-electron chi connectivity index (χ4n) is 2.26. The van der Waals surface area contributed by atoms with Gasteiger partial charge in [-0.25, -0.2) is 0 Å². The van der Waals surface area contributed by atoms with Crippen LogP contribution in [0, 0.1) is 0 Å². The van der Waals surface area contributed by atoms with Crippen molar-refractivity contribution in [3.8, 4) is 11.5 Å². The van der Waals surface area contributed by atoms with Gasteiger partial charge in [0.15, 0.2) is 0 Å². The first kappa shape index (κ1) is 12.7. The summed E-state index contributed by atoms with van der Waals surface area (Å²) in [4.78, 5) is 13.8. The van der Waals surface area contributed by atoms with Gasteiger partial charge < -0.3 is 19.8 Å². The number of ether oxygens (including phenoxy) is 1. The number of likely N-dealkylation sites (N-methyl/N-ethyl adjacent to an activating group) is 1. The molecule has 0 bridgehead atoms. The van der Waals surface area contributed by atoms with E-state index in [0.717, 1.165) is 6.42 Å². The van der Waals surface area contributed by atoms with Crippen molar-refractivity contribution in [1.29, 1.82) is 0 Å². The number of aromatic hydroxyl groups is 2. The molecule has 1 saturated heterocycles. The smallest absolute Gasteiger partial charge is 0.257 e. The Labute approximate surface area is 106 Å². The maximum Gasteiger partial charge on any atom is 0.257 e. The molecule has 1 amide bonds. The highest BCUT2D eigenvalue weighted by Crippen LogP contribution is 2.26. The van der Waals surface area contributed by atoms with Crippen LogP contribution in [-0.2, 0) is 4.74 Å². The minimum absolute atomic E-state index is 0.000695. The van der Waals surface area contributed by atoms with Crippen LogP contribution in [0.2, 0.25) is 0 Å². The van der Waals surface area contributed by atoms with Gasteiger partial charge >= 0.3 is 0 Å². The molecule has 5 heteroatoms. The van der Waals surface area contributed by atoms with E-state index in [-0.39, 0.29) is 35.1 Å². The number of rotatable bonds is 2. The molecule has 2 N–H and O–H groups in total. The molecule has 0 radical (unpaired) electrons. The molecular weight excluding hydrogens is 234 g/mol. The van der Waals surface area contributed by atoms with Crippen molar-refractivity contribution in [2.75, 3.05) is 13.7 Å². The van der Waals surface area contributed by atoms with E-state index in [1.165, 1.54) is 18.2 Å². The number of nitrogens with zero attached hydrogens (tertiary/aromatic N) is 1. The molecule has 18 heavy (non-hydrogen) atoms. The molecule has 1 fully saturated rings. The molecule has 98 valence electrons. The molecule has 2 rings (SSSR count). The monoisotopic (exact) mass is 251 g/mol. The lowest BCUT2D eigenvalue weighted by atomic mass is 10.1. The third kappa shape index (κ3) is 2.26. The van der Waals surface area contributed by atoms with Crippen LogP contribution < -0.4 is 0 Å². The maximum absolute atomic E-state index is 12.2. The number of phenols is 2. The summed E-state index contributed by atoms with van der Waals surface area (Å²) in [5.74, 6) is -0.484. The molecule has 0 spiro atoms. The van der Waals surface area contributed by atoms with Crippen molar-refractivity contribution < 1.29 is 19.7 Å². The van der Waals surface area contributed by atoms with Crippen LogP contribution in [0.4, 0.5) is 0 Å². The van der Waals surface area contributed by atoms with Gasteiger partial charge in [0.05, 0.1) is 17.7 Å². The van der Waals surface area contributed by atoms with Gasteiger partial charge in [-0.05, 0) is 31.5 Å². The Balaban J connectivity index is 2.22. The second-order valence-corrected chi connectivity index (χ2v) is 4.55. The minimum atomic E-state index is -0.314. The number of hydrogen-bond acceptors (Lipinski definition) is 4. The lowest BCUT2D eigenvalue weighted by Gasteiger charge is -2.27. The highest BCUT2D eigenvalue weighted by atomic mass is 16.5. The third-order valence-electron chi connectivity index (χ3n) is 3.36. The van der Waals surface area contributed by atoms with Crippen LogP contribution in [-0.4, -0.2) is 46.8 Å². The topological polar surface area (TPSA) is 70.0 Å². The standard InChI is InChI=1S/C13H17NO4/c1-8-11(5-6-18-8)14(2)13(17)10-7-9(15)3-4-12(10)16/h3-4,7-8,11,15-16H,5-6H2,1-2H3. The second-order valence-electron chi connectivity index (χ2n) is 4.55. The van der Waals surface area contributed by atoms with Crippen molar-refractivity contribution in [3.05, 3.63) is 23.8 Å². The van der Waals surface area contributed by atoms with E-state index in [0.29, 0.717) is 6.61 Å². The summed E-state index contributed by atoms with van der Waals surface area (Å²) >= 11 is 0. The quantitative estimate of drug-likeness (QED) is 0.778. The normalized spacial score (nSPS) is 23.0. The van der Waals surface area contributed by atoms with Crippen molar-refractivity contribution >= 4 is 5.91 Å². The molecular formula is C13H17NO4. The Morgan fingerprint density at radius 1 is 1.44 bits per heavy atom. The van der Waals surface area contributed by atoms with E-state index in [1.807, 2.05) is 6.92 Å². The number of carbonyl (C=O) groups is 1. The van der Waals surface area contributed by atoms with Gasteiger partial charge in [-0.2, -0.15) is 0 Å². The largest absolute Gasteiger partial charge is 0.508 e. The van der Waals surface area contributed by atoms with Crippen LogP contribution in [0.1, 0.15) is 23.7 Å². The minimum Gasteiger partial charge on any atom is -0.508 e. The number of hydrogen-bond donors (Lipinski definition) is 2. The van der Waals surface area contributed by atoms with Crippen LogP contribution in [0.5, 0.6) is 11.5 Å². The fraction of sp³-hybridized carbons (Fsp3) is 0.462. The average Bonchev–Trinajstić information content (AvgIpc) is 2.77. The Bertz CT molecular complexity index is 460. The lowest BCUT2D eigenvalue weighted by Crippen LogP contribution is -2.41. The van der Waals surface area contributed by atoms with E-state index < -0.39 is 0 Å². The van der Waals surface area contributed by atoms with Gasteiger partial charge in [0, 0.05) is 13.7 Å². The Kier molecular flexibility index (Phi) is 3.43. The first-order chi connectivity index (χ1) is 8.50. The summed E-state index contributed by atoms with van der Waals surface area (Å²) in [5, 5.41) is 19.1. The van der Waals surface area contributed by atoms with E-state index in [1.54, 1.807) is 11.9 Å². The zero-order valence-electron chi connectivity index (χ0n) is 10.5. The predicted molar refractivity (Wildman–Crippen MR) is 65.7 cm³/mol. The van der Waals surface area contributed by atoms with Crippen molar-refractivity contribution in [2.45, 2.75) is 25.5 Å². The van der Waals surface area contributed by atoms with Gasteiger partial charge in [0.25, 0.3) is 5.91 Å². The van der Waals surface area contributed by atoms with E-state index in [9.17, 15) is 15.0 Å². The number of amides is 1. The Hall–Kier alpha value is -1.75. The van der Waals surface area contributed by atoms with Crippen LogP contribution in [0.15, 0.2) is 18.2 Å². The molecule has 1 heterocycles. The van der Waals surface area contributed by atoms with Crippen LogP contribution >= 0.6 is 0 Å². The number of benzene rings is 1. The first-order valence-electron chi connectivity index (χ1n) is 5.91. The van der Waals surface area contributed by atoms with Crippen LogP contribution in [0.25, 0.3) is 0 Å². The molecule has 1 aliphatic rings. The van der Waals surface area contributed by atoms with Gasteiger partial charge in [0.2, 0.25) is 0 Å². The number of carbonyl (C=O) groups excluding carboxylic acids is 1. The van der Waals surface area contributed by atoms with E-state index in [4.69, 9.17) is 4.74 Å². The zero-order valence-corrected chi connectivity index (χ0v) is 10.5. The highest BCUT2D eigenvalue weighted by Gasteiger charge is 2.31. The molecule has 0 saturated carbocycles. The van der Waals surface area contributed by atoms with E-state index in [2.05, 4.69) is 0 Å². The summed E-state index contributed by atoms with van der Waals surface area (Å²) in [6, 6.07) is 3.92. The predicted octanol–water partition coefficient (Wildman–Crippen LogP) is 1.35. The fourth-order valence-corrected chi connectivity index (χ4v) is 2.26. The van der Waals surface area contributed by atoms with Crippen LogP contribution in [0.3, 0.4) is 0 Å². The zero-order chi connectivity index (χ0) is 13.3. The highest BCUT2D eigenvalue weighted by molar-refractivity contribution is 5.97. The van der Waals surface area contributed by atoms with Crippen molar-refractivity contribution in [1.82, 2.24) is 4.90 Å². The summed E-state index contributed by atoms with van der Waals surface area (Å²) in [7, 11) is 1.68. The van der Waals surface area contributed by atoms with Gasteiger partial charge in [0.1, 0.15) is 11.5 Å². The summed E-state index contributed by atoms with van der Waals surface area (Å²) in [6.45, 7) is 2.55. The molecule has 2 unspecified atom stereocenters. The molecule has 1 aromatic carbocycles. The molecule has 5 nitrogen and oxygen atoms in total. The summed E-state index contributed by atoms with van der Waals surface area (Å²) in [5.41, 5.74) is 0.108. The van der Waals surface area contributed by atoms with E-state index >= 15 is 0 Å². The Morgan fingerprint density at radius 2 is 2.17 bits per heavy atom. The second kappa shape index (κ2) is 4.86. The molecule has 0 aromatic heterocycles. The third-order valence-corrected chi connectivity index (χ3v) is 3.36. The van der Waals surface area contributed by atoms with Gasteiger partial charge in [-0.3, -0.25) is 4.79 Å². The molecule has 1 aliphatic heterocycles. The van der Waals surface area contributed by atoms with Gasteiger partial charge in [-0.15, -0.1) is 0 Å². The molecule has 1 aromatic rings. The maximum atomic E-state index is 12.2. The summed E-state index contributed by atoms with van der Waals surface area (Å²) in [6.07, 6.45) is 0.765.